The predicted molar refractivity (Wildman–Crippen MR) is 169 cm³/mol. The van der Waals surface area contributed by atoms with Crippen LogP contribution in [-0.2, 0) is 24.6 Å². The van der Waals surface area contributed by atoms with Gasteiger partial charge in [0, 0.05) is 22.6 Å². The topological polar surface area (TPSA) is 146 Å². The van der Waals surface area contributed by atoms with Crippen LogP contribution in [-0.4, -0.2) is 58.2 Å². The molecule has 3 aromatic rings. The fourth-order valence-corrected chi connectivity index (χ4v) is 8.52. The molecule has 2 heterocycles. The number of halogens is 2. The summed E-state index contributed by atoms with van der Waals surface area (Å²) in [6.45, 7) is 0. The smallest absolute Gasteiger partial charge is 0.260 e. The van der Waals surface area contributed by atoms with Crippen LogP contribution in [0.2, 0.25) is 10.0 Å². The molecule has 13 heteroatoms. The Morgan fingerprint density at radius 3 is 2.23 bits per heavy atom. The number of hydrogen-bond acceptors (Lipinski definition) is 9. The molecule has 6 unspecified atom stereocenters. The quantitative estimate of drug-likeness (QED) is 0.184. The number of hydroxylamine groups is 2. The van der Waals surface area contributed by atoms with Gasteiger partial charge in [-0.2, -0.15) is 10.1 Å². The number of allylic oxidation sites excluding steroid dienone is 2. The molecule has 4 amide bonds. The lowest BCUT2D eigenvalue weighted by molar-refractivity contribution is -0.173. The highest BCUT2D eigenvalue weighted by Crippen LogP contribution is 2.65. The Morgan fingerprint density at radius 2 is 1.57 bits per heavy atom. The van der Waals surface area contributed by atoms with E-state index in [2.05, 4.69) is 5.43 Å². The van der Waals surface area contributed by atoms with Crippen molar-refractivity contribution in [2.75, 3.05) is 19.6 Å². The molecule has 2 aliphatic carbocycles. The second-order valence-corrected chi connectivity index (χ2v) is 13.0. The van der Waals surface area contributed by atoms with Crippen LogP contribution in [0, 0.1) is 23.7 Å². The number of anilines is 1. The number of fused-ring (bicyclic) bond motifs is 4. The third-order valence-electron chi connectivity index (χ3n) is 10.1. The first-order valence-corrected chi connectivity index (χ1v) is 15.7. The number of ether oxygens (including phenoxy) is 2. The molecule has 2 saturated heterocycles. The summed E-state index contributed by atoms with van der Waals surface area (Å²) in [6.07, 6.45) is 1.95. The van der Waals surface area contributed by atoms with E-state index < -0.39 is 58.6 Å². The number of phenols is 1. The zero-order valence-corrected chi connectivity index (χ0v) is 26.7. The van der Waals surface area contributed by atoms with Crippen LogP contribution >= 0.6 is 23.2 Å². The molecule has 1 saturated carbocycles. The van der Waals surface area contributed by atoms with Crippen LogP contribution in [0.1, 0.15) is 29.9 Å². The first kappa shape index (κ1) is 31.0. The molecule has 3 fully saturated rings. The molecule has 3 aromatic carbocycles. The summed E-state index contributed by atoms with van der Waals surface area (Å²) in [5.41, 5.74) is 2.95. The second kappa shape index (κ2) is 11.3. The van der Waals surface area contributed by atoms with Gasteiger partial charge in [0.25, 0.3) is 23.6 Å². The molecule has 3 N–H and O–H groups in total. The van der Waals surface area contributed by atoms with E-state index in [1.807, 2.05) is 6.08 Å². The number of hydrogen-bond donors (Lipinski definition) is 3. The molecule has 0 spiro atoms. The molecule has 4 aliphatic rings. The van der Waals surface area contributed by atoms with Gasteiger partial charge in [0.15, 0.2) is 0 Å². The van der Waals surface area contributed by atoms with Crippen LogP contribution in [0.4, 0.5) is 5.69 Å². The van der Waals surface area contributed by atoms with E-state index in [0.717, 1.165) is 5.01 Å². The lowest BCUT2D eigenvalue weighted by Gasteiger charge is -2.50. The van der Waals surface area contributed by atoms with E-state index in [-0.39, 0.29) is 34.4 Å². The zero-order chi connectivity index (χ0) is 33.4. The molecule has 47 heavy (non-hydrogen) atoms. The summed E-state index contributed by atoms with van der Waals surface area (Å²) in [7, 11) is 2.97. The monoisotopic (exact) mass is 677 g/mol. The summed E-state index contributed by atoms with van der Waals surface area (Å²) in [5, 5.41) is 23.5. The number of benzene rings is 3. The van der Waals surface area contributed by atoms with Gasteiger partial charge < -0.3 is 14.6 Å². The number of imide groups is 2. The van der Waals surface area contributed by atoms with Crippen LogP contribution < -0.4 is 14.9 Å². The number of nitrogens with zero attached hydrogens (tertiary/aromatic N) is 2. The van der Waals surface area contributed by atoms with E-state index in [1.165, 1.54) is 26.4 Å². The number of carbonyl (C=O) groups is 4. The Labute approximate surface area is 279 Å². The fraction of sp³-hybridized carbons (Fsp3) is 0.294. The normalized spacial score (nSPS) is 28.1. The van der Waals surface area contributed by atoms with Gasteiger partial charge in [-0.1, -0.05) is 53.1 Å². The minimum Gasteiger partial charge on any atom is -0.508 e. The predicted octanol–water partition coefficient (Wildman–Crippen LogP) is 5.09. The van der Waals surface area contributed by atoms with Crippen molar-refractivity contribution in [2.45, 2.75) is 24.2 Å². The number of methoxy groups -OCH3 is 2. The number of phenolic OH excluding ortho intramolecular Hbond substituents is 1. The Morgan fingerprint density at radius 1 is 0.872 bits per heavy atom. The van der Waals surface area contributed by atoms with Gasteiger partial charge >= 0.3 is 0 Å². The summed E-state index contributed by atoms with van der Waals surface area (Å²) in [4.78, 5) is 56.0. The molecule has 2 aliphatic heterocycles. The van der Waals surface area contributed by atoms with Crippen molar-refractivity contribution >= 4 is 52.5 Å². The first-order chi connectivity index (χ1) is 22.5. The molecule has 0 aromatic heterocycles. The maximum atomic E-state index is 15.1. The molecular formula is C34H29Cl2N3O8. The van der Waals surface area contributed by atoms with Crippen LogP contribution in [0.5, 0.6) is 17.2 Å². The number of rotatable bonds is 6. The van der Waals surface area contributed by atoms with E-state index in [9.17, 15) is 24.7 Å². The van der Waals surface area contributed by atoms with Gasteiger partial charge in [-0.3, -0.25) is 29.8 Å². The lowest BCUT2D eigenvalue weighted by Crippen LogP contribution is -2.53. The van der Waals surface area contributed by atoms with Gasteiger partial charge in [0.2, 0.25) is 0 Å². The largest absolute Gasteiger partial charge is 0.508 e. The average molecular weight is 679 g/mol. The number of carbonyl (C=O) groups excluding carboxylic acids is 4. The highest BCUT2D eigenvalue weighted by molar-refractivity contribution is 6.36. The van der Waals surface area contributed by atoms with Crippen molar-refractivity contribution in [1.82, 2.24) is 10.1 Å². The number of amides is 4. The molecule has 0 bridgehead atoms. The second-order valence-electron chi connectivity index (χ2n) is 12.1. The average Bonchev–Trinajstić information content (AvgIpc) is 3.42. The van der Waals surface area contributed by atoms with Gasteiger partial charge in [-0.15, -0.1) is 0 Å². The Kier molecular flexibility index (Phi) is 7.46. The van der Waals surface area contributed by atoms with Gasteiger partial charge in [0.1, 0.15) is 17.2 Å². The van der Waals surface area contributed by atoms with Gasteiger partial charge in [0.05, 0.1) is 48.1 Å². The first-order valence-electron chi connectivity index (χ1n) is 14.9. The highest BCUT2D eigenvalue weighted by atomic mass is 35.5. The van der Waals surface area contributed by atoms with Crippen molar-refractivity contribution in [2.24, 2.45) is 23.7 Å². The Balaban J connectivity index is 1.49. The van der Waals surface area contributed by atoms with E-state index in [1.54, 1.807) is 48.5 Å². The number of hydrazine groups is 1. The van der Waals surface area contributed by atoms with Crippen molar-refractivity contribution in [1.29, 1.82) is 0 Å². The summed E-state index contributed by atoms with van der Waals surface area (Å²) in [6, 6.07) is 16.1. The van der Waals surface area contributed by atoms with Crippen molar-refractivity contribution in [3.05, 3.63) is 93.5 Å². The third kappa shape index (κ3) is 4.44. The molecule has 11 nitrogen and oxygen atoms in total. The van der Waals surface area contributed by atoms with Crippen molar-refractivity contribution in [3.8, 4) is 17.2 Å². The van der Waals surface area contributed by atoms with Crippen molar-refractivity contribution in [3.63, 3.8) is 0 Å². The lowest BCUT2D eigenvalue weighted by atomic mass is 9.49. The van der Waals surface area contributed by atoms with Crippen LogP contribution in [0.15, 0.2) is 72.3 Å². The van der Waals surface area contributed by atoms with E-state index in [0.29, 0.717) is 33.2 Å². The van der Waals surface area contributed by atoms with Crippen LogP contribution in [0.25, 0.3) is 0 Å². The number of nitrogens with one attached hydrogen (secondary N) is 1. The van der Waals surface area contributed by atoms with Gasteiger partial charge in [-0.05, 0) is 60.7 Å². The minimum atomic E-state index is -1.64. The molecular weight excluding hydrogens is 649 g/mol. The maximum absolute atomic E-state index is 15.1. The zero-order valence-electron chi connectivity index (χ0n) is 25.1. The molecule has 6 atom stereocenters. The maximum Gasteiger partial charge on any atom is 0.260 e. The van der Waals surface area contributed by atoms with Crippen molar-refractivity contribution < 1.29 is 39.0 Å². The Bertz CT molecular complexity index is 1880. The Hall–Kier alpha value is -4.58. The fourth-order valence-electron chi connectivity index (χ4n) is 8.07. The summed E-state index contributed by atoms with van der Waals surface area (Å²) < 4.78 is 10.7. The third-order valence-corrected chi connectivity index (χ3v) is 10.7. The molecule has 0 radical (unpaired) electrons. The minimum absolute atomic E-state index is 0.0103. The van der Waals surface area contributed by atoms with E-state index >= 15 is 4.79 Å². The van der Waals surface area contributed by atoms with Crippen LogP contribution in [0.3, 0.4) is 0 Å². The standard InChI is InChI=1S/C34H29Cl2N3O8/c1-46-18-6-3-16(4-7-18)34-24(31(42)38(33(34)44)37-26-12-5-17(35)13-25(26)36)15-23-20(10-11-22-28(23)32(43)39(45)30(22)41)29(34)21-9-8-19(47-2)14-27(21)40/h3-10,12-14,22-24,28-29,37,40,45H,11,15H2,1-2H3. The number of aromatic hydroxyl groups is 1. The highest BCUT2D eigenvalue weighted by Gasteiger charge is 2.70. The SMILES string of the molecule is COc1ccc(C23C(=O)N(Nc4ccc(Cl)cc4Cl)C(=O)C2CC2C(=CCC4C(=O)N(O)C(=O)C42)C3c2ccc(OC)cc2O)cc1. The van der Waals surface area contributed by atoms with E-state index in [4.69, 9.17) is 32.7 Å². The summed E-state index contributed by atoms with van der Waals surface area (Å²) >= 11 is 12.6. The molecule has 7 rings (SSSR count). The molecule has 242 valence electrons. The summed E-state index contributed by atoms with van der Waals surface area (Å²) in [5.74, 6) is -6.51. The van der Waals surface area contributed by atoms with Gasteiger partial charge in [-0.25, -0.2) is 0 Å².